The molecule has 0 spiro atoms. The molecule has 3 aliphatic carbocycles. The van der Waals surface area contributed by atoms with Crippen molar-refractivity contribution in [3.8, 4) is 11.1 Å². The van der Waals surface area contributed by atoms with Gasteiger partial charge in [0.2, 0.25) is 0 Å². The molecule has 4 aliphatic rings. The molecule has 0 N–H and O–H groups in total. The highest BCUT2D eigenvalue weighted by molar-refractivity contribution is 7.17. The van der Waals surface area contributed by atoms with E-state index in [0.29, 0.717) is 23.0 Å². The highest BCUT2D eigenvalue weighted by Crippen LogP contribution is 2.66. The lowest BCUT2D eigenvalue weighted by atomic mass is 9.56. The highest BCUT2D eigenvalue weighted by atomic mass is 32.1. The molecule has 6 aromatic rings. The topological polar surface area (TPSA) is 37.4 Å². The molecule has 0 radical (unpaired) electrons. The molecule has 10 rings (SSSR count). The first kappa shape index (κ1) is 33.5. The number of thiophene rings is 1. The summed E-state index contributed by atoms with van der Waals surface area (Å²) in [5.74, 6) is 0.694. The SMILES string of the molecule is Cc1cc(C)c(-c2ccc3c(c2)C(C2CCCC2)(C2CCCC2)c2cc(C=C4C(=O)c5ccccc5C4=O)sc2N3c2cccc3ccccc23)c(C)c1. The molecule has 1 aliphatic heterocycles. The van der Waals surface area contributed by atoms with E-state index in [9.17, 15) is 9.59 Å². The normalized spacial score (nSPS) is 18.1. The van der Waals surface area contributed by atoms with Gasteiger partial charge in [0.25, 0.3) is 0 Å². The second-order valence-electron chi connectivity index (χ2n) is 16.3. The fourth-order valence-corrected chi connectivity index (χ4v) is 12.4. The van der Waals surface area contributed by atoms with Gasteiger partial charge >= 0.3 is 0 Å². The third-order valence-electron chi connectivity index (χ3n) is 13.2. The molecule has 0 atom stereocenters. The molecular weight excluding hydrogens is 679 g/mol. The van der Waals surface area contributed by atoms with Gasteiger partial charge in [-0.1, -0.05) is 110 Å². The number of allylic oxidation sites excluding steroid dienone is 1. The Labute approximate surface area is 322 Å². The summed E-state index contributed by atoms with van der Waals surface area (Å²) in [5, 5.41) is 3.66. The fourth-order valence-electron chi connectivity index (χ4n) is 11.2. The molecule has 2 heterocycles. The second kappa shape index (κ2) is 12.8. The minimum absolute atomic E-state index is 0.164. The maximum atomic E-state index is 13.8. The number of ketones is 2. The van der Waals surface area contributed by atoms with Gasteiger partial charge in [-0.3, -0.25) is 9.59 Å². The van der Waals surface area contributed by atoms with Crippen molar-refractivity contribution in [3.63, 3.8) is 0 Å². The summed E-state index contributed by atoms with van der Waals surface area (Å²) in [7, 11) is 0. The van der Waals surface area contributed by atoms with Gasteiger partial charge < -0.3 is 4.90 Å². The number of Topliss-reactive ketones (excluding diaryl/α,β-unsaturated/α-hetero) is 2. The van der Waals surface area contributed by atoms with E-state index in [1.807, 2.05) is 18.2 Å². The summed E-state index contributed by atoms with van der Waals surface area (Å²) >= 11 is 1.75. The van der Waals surface area contributed by atoms with Crippen molar-refractivity contribution in [3.05, 3.63) is 153 Å². The zero-order valence-corrected chi connectivity index (χ0v) is 32.2. The van der Waals surface area contributed by atoms with Crippen LogP contribution in [-0.4, -0.2) is 11.6 Å². The molecule has 0 saturated heterocycles. The third kappa shape index (κ3) is 4.92. The van der Waals surface area contributed by atoms with Crippen molar-refractivity contribution in [1.29, 1.82) is 0 Å². The van der Waals surface area contributed by atoms with Crippen LogP contribution in [0.15, 0.2) is 109 Å². The third-order valence-corrected chi connectivity index (χ3v) is 14.3. The fraction of sp³-hybridized carbons (Fsp3) is 0.280. The van der Waals surface area contributed by atoms with Crippen LogP contribution in [0.2, 0.25) is 0 Å². The van der Waals surface area contributed by atoms with Gasteiger partial charge in [0, 0.05) is 26.8 Å². The van der Waals surface area contributed by atoms with E-state index in [1.165, 1.54) is 117 Å². The maximum absolute atomic E-state index is 13.8. The Kier molecular flexibility index (Phi) is 7.92. The molecule has 0 amide bonds. The van der Waals surface area contributed by atoms with Gasteiger partial charge in [0.05, 0.1) is 16.9 Å². The number of hydrogen-bond acceptors (Lipinski definition) is 4. The summed E-state index contributed by atoms with van der Waals surface area (Å²) in [5.41, 5.74) is 13.0. The van der Waals surface area contributed by atoms with E-state index in [0.717, 1.165) is 4.88 Å². The molecule has 5 aromatic carbocycles. The Morgan fingerprint density at radius 3 is 1.93 bits per heavy atom. The van der Waals surface area contributed by atoms with E-state index < -0.39 is 0 Å². The van der Waals surface area contributed by atoms with E-state index in [1.54, 1.807) is 23.5 Å². The number of nitrogens with zero attached hydrogens (tertiary/aromatic N) is 1. The first-order valence-corrected chi connectivity index (χ1v) is 20.7. The lowest BCUT2D eigenvalue weighted by Crippen LogP contribution is -2.45. The van der Waals surface area contributed by atoms with Crippen molar-refractivity contribution >= 4 is 56.1 Å². The Balaban J connectivity index is 1.28. The number of hydrogen-bond donors (Lipinski definition) is 0. The van der Waals surface area contributed by atoms with Crippen LogP contribution < -0.4 is 4.90 Å². The number of fused-ring (bicyclic) bond motifs is 4. The molecular formula is C50H45NO2S. The number of rotatable bonds is 5. The number of carbonyl (C=O) groups excluding carboxylic acids is 2. The maximum Gasteiger partial charge on any atom is 0.197 e. The zero-order chi connectivity index (χ0) is 36.7. The summed E-state index contributed by atoms with van der Waals surface area (Å²) in [6.07, 6.45) is 11.8. The van der Waals surface area contributed by atoms with Gasteiger partial charge in [0.1, 0.15) is 5.00 Å². The smallest absolute Gasteiger partial charge is 0.197 e. The second-order valence-corrected chi connectivity index (χ2v) is 17.4. The number of carbonyl (C=O) groups is 2. The highest BCUT2D eigenvalue weighted by Gasteiger charge is 2.55. The van der Waals surface area contributed by atoms with Gasteiger partial charge in [-0.15, -0.1) is 11.3 Å². The van der Waals surface area contributed by atoms with Crippen LogP contribution in [0.5, 0.6) is 0 Å². The molecule has 54 heavy (non-hydrogen) atoms. The van der Waals surface area contributed by atoms with Gasteiger partial charge in [-0.2, -0.15) is 0 Å². The van der Waals surface area contributed by atoms with Crippen molar-refractivity contribution in [2.45, 2.75) is 77.6 Å². The van der Waals surface area contributed by atoms with Crippen LogP contribution in [0, 0.1) is 32.6 Å². The Hall–Kier alpha value is -5.06. The molecule has 0 unspecified atom stereocenters. The largest absolute Gasteiger partial charge is 0.301 e. The van der Waals surface area contributed by atoms with E-state index in [2.05, 4.69) is 105 Å². The molecule has 3 nitrogen and oxygen atoms in total. The molecule has 2 fully saturated rings. The summed E-state index contributed by atoms with van der Waals surface area (Å²) in [6.45, 7) is 6.72. The predicted octanol–water partition coefficient (Wildman–Crippen LogP) is 13.4. The van der Waals surface area contributed by atoms with E-state index in [-0.39, 0.29) is 22.6 Å². The van der Waals surface area contributed by atoms with Crippen molar-refractivity contribution in [2.24, 2.45) is 11.8 Å². The van der Waals surface area contributed by atoms with Gasteiger partial charge in [0.15, 0.2) is 11.6 Å². The monoisotopic (exact) mass is 723 g/mol. The van der Waals surface area contributed by atoms with E-state index >= 15 is 0 Å². The quantitative estimate of drug-likeness (QED) is 0.131. The molecule has 4 heteroatoms. The van der Waals surface area contributed by atoms with Crippen molar-refractivity contribution in [1.82, 2.24) is 0 Å². The van der Waals surface area contributed by atoms with E-state index in [4.69, 9.17) is 0 Å². The molecule has 0 bridgehead atoms. The zero-order valence-electron chi connectivity index (χ0n) is 31.4. The van der Waals surface area contributed by atoms with Crippen LogP contribution >= 0.6 is 11.3 Å². The number of aryl methyl sites for hydroxylation is 3. The van der Waals surface area contributed by atoms with Crippen LogP contribution in [0.3, 0.4) is 0 Å². The summed E-state index contributed by atoms with van der Waals surface area (Å²) in [4.78, 5) is 31.0. The lowest BCUT2D eigenvalue weighted by molar-refractivity contribution is 0.0990. The standard InChI is InChI=1S/C50H45NO2S/c1-30-25-31(2)46(32(3)26-30)34-23-24-45-42(27-34)50(35-15-5-6-16-35,36-17-7-8-18-36)43-29-37(28-41-47(52)39-20-10-11-21-40(39)48(41)53)54-49(43)51(45)44-22-12-14-33-13-4-9-19-38(33)44/h4,9-14,19-29,35-36H,5-8,15-18H2,1-3H3. The van der Waals surface area contributed by atoms with Crippen molar-refractivity contribution < 1.29 is 9.59 Å². The Bertz CT molecular complexity index is 2480. The van der Waals surface area contributed by atoms with Crippen LogP contribution in [-0.2, 0) is 5.41 Å². The molecule has 2 saturated carbocycles. The van der Waals surface area contributed by atoms with Crippen LogP contribution in [0.25, 0.3) is 28.0 Å². The molecule has 268 valence electrons. The number of anilines is 3. The van der Waals surface area contributed by atoms with Gasteiger partial charge in [-0.05, 0) is 127 Å². The first-order valence-electron chi connectivity index (χ1n) is 19.9. The summed E-state index contributed by atoms with van der Waals surface area (Å²) in [6, 6.07) is 37.1. The Morgan fingerprint density at radius 1 is 0.648 bits per heavy atom. The minimum atomic E-state index is -0.179. The minimum Gasteiger partial charge on any atom is -0.301 e. The lowest BCUT2D eigenvalue weighted by Gasteiger charge is -2.51. The van der Waals surface area contributed by atoms with Crippen molar-refractivity contribution in [2.75, 3.05) is 4.90 Å². The molecule has 1 aromatic heterocycles. The van der Waals surface area contributed by atoms with Gasteiger partial charge in [-0.25, -0.2) is 0 Å². The Morgan fingerprint density at radius 2 is 1.26 bits per heavy atom. The summed E-state index contributed by atoms with van der Waals surface area (Å²) < 4.78 is 0. The average Bonchev–Trinajstić information content (AvgIpc) is 4.01. The number of benzene rings is 5. The van der Waals surface area contributed by atoms with Crippen LogP contribution in [0.1, 0.15) is 105 Å². The average molecular weight is 724 g/mol. The first-order chi connectivity index (χ1) is 26.3. The van der Waals surface area contributed by atoms with Crippen LogP contribution in [0.4, 0.5) is 16.4 Å². The predicted molar refractivity (Wildman–Crippen MR) is 224 cm³/mol.